The van der Waals surface area contributed by atoms with Gasteiger partial charge in [0.05, 0.1) is 11.3 Å². The largest absolute Gasteiger partial charge is 0.483 e. The number of nitrogens with zero attached hydrogens (tertiary/aromatic N) is 3. The maximum Gasteiger partial charge on any atom is 0.267 e. The van der Waals surface area contributed by atoms with Crippen molar-refractivity contribution < 1.29 is 19.4 Å². The summed E-state index contributed by atoms with van der Waals surface area (Å²) >= 11 is 0. The number of piperidine rings is 1. The first-order chi connectivity index (χ1) is 14.6. The molecule has 0 radical (unpaired) electrons. The van der Waals surface area contributed by atoms with Gasteiger partial charge in [-0.3, -0.25) is 19.5 Å². The first-order valence-electron chi connectivity index (χ1n) is 10.5. The van der Waals surface area contributed by atoms with Crippen molar-refractivity contribution in [2.75, 3.05) is 32.8 Å². The normalized spacial score (nSPS) is 19.2. The maximum absolute atomic E-state index is 12.7. The van der Waals surface area contributed by atoms with Crippen LogP contribution in [0.25, 0.3) is 0 Å². The summed E-state index contributed by atoms with van der Waals surface area (Å²) in [5.41, 5.74) is 0.328. The van der Waals surface area contributed by atoms with Gasteiger partial charge in [-0.15, -0.1) is 0 Å². The number of imide groups is 1. The second kappa shape index (κ2) is 8.93. The van der Waals surface area contributed by atoms with Crippen LogP contribution < -0.4 is 4.74 Å². The number of hydrogen-bond acceptors (Lipinski definition) is 6. The van der Waals surface area contributed by atoms with E-state index in [-0.39, 0.29) is 18.4 Å². The zero-order valence-electron chi connectivity index (χ0n) is 17.0. The molecule has 1 saturated heterocycles. The summed E-state index contributed by atoms with van der Waals surface area (Å²) in [5, 5.41) is 10.9. The number of likely N-dealkylation sites (tertiary alicyclic amines) is 1. The van der Waals surface area contributed by atoms with Crippen LogP contribution in [-0.4, -0.2) is 64.5 Å². The minimum Gasteiger partial charge on any atom is -0.483 e. The molecule has 0 spiro atoms. The molecule has 7 heteroatoms. The number of carbonyl (C=O) groups excluding carboxylic acids is 2. The van der Waals surface area contributed by atoms with Crippen LogP contribution in [0.4, 0.5) is 0 Å². The molecule has 3 heterocycles. The molecular formula is C23H27N3O4. The van der Waals surface area contributed by atoms with E-state index in [1.807, 2.05) is 18.2 Å². The van der Waals surface area contributed by atoms with Crippen LogP contribution >= 0.6 is 0 Å². The molecule has 1 aromatic carbocycles. The third-order valence-corrected chi connectivity index (χ3v) is 5.95. The molecule has 1 fully saturated rings. The van der Waals surface area contributed by atoms with E-state index in [0.29, 0.717) is 30.7 Å². The molecule has 7 nitrogen and oxygen atoms in total. The molecule has 2 aromatic rings. The number of ether oxygens (including phenoxy) is 1. The number of unbranched alkanes of at least 4 members (excludes halogenated alkanes) is 1. The highest BCUT2D eigenvalue weighted by molar-refractivity contribution is 6.07. The molecule has 0 aliphatic carbocycles. The third-order valence-electron chi connectivity index (χ3n) is 5.95. The van der Waals surface area contributed by atoms with Crippen molar-refractivity contribution in [3.8, 4) is 5.75 Å². The Balaban J connectivity index is 1.25. The van der Waals surface area contributed by atoms with Gasteiger partial charge in [-0.1, -0.05) is 18.2 Å². The SMILES string of the molecule is O=C1COc2ccccc2C(=O)N1CCCCN1CCC(O)(c2ccccn2)CC1. The number of aromatic nitrogens is 1. The predicted molar refractivity (Wildman–Crippen MR) is 111 cm³/mol. The number of para-hydroxylation sites is 1. The van der Waals surface area contributed by atoms with Gasteiger partial charge >= 0.3 is 0 Å². The quantitative estimate of drug-likeness (QED) is 0.582. The molecule has 0 atom stereocenters. The van der Waals surface area contributed by atoms with Gasteiger partial charge in [0.15, 0.2) is 6.61 Å². The molecular weight excluding hydrogens is 382 g/mol. The Bertz CT molecular complexity index is 894. The molecule has 0 bridgehead atoms. The average Bonchev–Trinajstić information content (AvgIpc) is 2.90. The van der Waals surface area contributed by atoms with Crippen LogP contribution in [-0.2, 0) is 10.4 Å². The predicted octanol–water partition coefficient (Wildman–Crippen LogP) is 2.21. The van der Waals surface area contributed by atoms with Crippen LogP contribution in [0.1, 0.15) is 41.7 Å². The number of pyridine rings is 1. The van der Waals surface area contributed by atoms with E-state index < -0.39 is 5.60 Å². The Morgan fingerprint density at radius 1 is 1.00 bits per heavy atom. The van der Waals surface area contributed by atoms with Gasteiger partial charge in [-0.25, -0.2) is 0 Å². The monoisotopic (exact) mass is 409 g/mol. The Labute approximate surface area is 176 Å². The molecule has 0 unspecified atom stereocenters. The smallest absolute Gasteiger partial charge is 0.267 e. The zero-order valence-corrected chi connectivity index (χ0v) is 17.0. The minimum absolute atomic E-state index is 0.110. The Morgan fingerprint density at radius 2 is 1.73 bits per heavy atom. The number of benzene rings is 1. The van der Waals surface area contributed by atoms with Crippen molar-refractivity contribution in [1.29, 1.82) is 0 Å². The summed E-state index contributed by atoms with van der Waals surface area (Å²) in [7, 11) is 0. The second-order valence-electron chi connectivity index (χ2n) is 7.93. The molecule has 30 heavy (non-hydrogen) atoms. The highest BCUT2D eigenvalue weighted by Gasteiger charge is 2.35. The second-order valence-corrected chi connectivity index (χ2v) is 7.93. The van der Waals surface area contributed by atoms with Crippen molar-refractivity contribution in [1.82, 2.24) is 14.8 Å². The lowest BCUT2D eigenvalue weighted by Crippen LogP contribution is -2.43. The standard InChI is InChI=1S/C23H27N3O4/c27-21-17-30-19-8-2-1-7-18(19)22(28)26(21)14-6-5-13-25-15-10-23(29,11-16-25)20-9-3-4-12-24-20/h1-4,7-9,12,29H,5-6,10-11,13-17H2. The molecule has 0 saturated carbocycles. The molecule has 4 rings (SSSR count). The van der Waals surface area contributed by atoms with Crippen molar-refractivity contribution in [3.05, 3.63) is 59.9 Å². The van der Waals surface area contributed by atoms with Gasteiger partial charge < -0.3 is 14.7 Å². The highest BCUT2D eigenvalue weighted by atomic mass is 16.5. The number of carbonyl (C=O) groups is 2. The van der Waals surface area contributed by atoms with E-state index in [1.54, 1.807) is 30.5 Å². The molecule has 2 aliphatic rings. The van der Waals surface area contributed by atoms with Crippen LogP contribution in [0, 0.1) is 0 Å². The van der Waals surface area contributed by atoms with Crippen molar-refractivity contribution >= 4 is 11.8 Å². The Morgan fingerprint density at radius 3 is 2.50 bits per heavy atom. The van der Waals surface area contributed by atoms with E-state index in [1.165, 1.54) is 4.90 Å². The number of aliphatic hydroxyl groups is 1. The first kappa shape index (κ1) is 20.5. The van der Waals surface area contributed by atoms with Gasteiger partial charge in [-0.05, 0) is 56.5 Å². The molecule has 1 N–H and O–H groups in total. The van der Waals surface area contributed by atoms with E-state index in [9.17, 15) is 14.7 Å². The summed E-state index contributed by atoms with van der Waals surface area (Å²) in [6.45, 7) is 2.76. The molecule has 2 amide bonds. The highest BCUT2D eigenvalue weighted by Crippen LogP contribution is 2.31. The van der Waals surface area contributed by atoms with Crippen LogP contribution in [0.2, 0.25) is 0 Å². The summed E-state index contributed by atoms with van der Waals surface area (Å²) in [5.74, 6) is -0.117. The van der Waals surface area contributed by atoms with Gasteiger partial charge in [0.2, 0.25) is 0 Å². The zero-order chi connectivity index (χ0) is 21.0. The maximum atomic E-state index is 12.7. The van der Waals surface area contributed by atoms with Crippen LogP contribution in [0.3, 0.4) is 0 Å². The van der Waals surface area contributed by atoms with E-state index in [0.717, 1.165) is 38.2 Å². The van der Waals surface area contributed by atoms with Crippen molar-refractivity contribution in [3.63, 3.8) is 0 Å². The molecule has 158 valence electrons. The van der Waals surface area contributed by atoms with Crippen LogP contribution in [0.5, 0.6) is 5.75 Å². The summed E-state index contributed by atoms with van der Waals surface area (Å²) < 4.78 is 5.47. The van der Waals surface area contributed by atoms with Crippen LogP contribution in [0.15, 0.2) is 48.7 Å². The van der Waals surface area contributed by atoms with E-state index >= 15 is 0 Å². The topological polar surface area (TPSA) is 83.0 Å². The van der Waals surface area contributed by atoms with Crippen molar-refractivity contribution in [2.45, 2.75) is 31.3 Å². The Kier molecular flexibility index (Phi) is 6.11. The van der Waals surface area contributed by atoms with E-state index in [4.69, 9.17) is 4.74 Å². The van der Waals surface area contributed by atoms with Crippen molar-refractivity contribution in [2.24, 2.45) is 0 Å². The Hall–Kier alpha value is -2.77. The number of fused-ring (bicyclic) bond motifs is 1. The summed E-state index contributed by atoms with van der Waals surface area (Å²) in [6, 6.07) is 12.6. The fourth-order valence-corrected chi connectivity index (χ4v) is 4.12. The molecule has 2 aliphatic heterocycles. The van der Waals surface area contributed by atoms with Gasteiger partial charge in [0, 0.05) is 25.8 Å². The average molecular weight is 409 g/mol. The van der Waals surface area contributed by atoms with Gasteiger partial charge in [-0.2, -0.15) is 0 Å². The first-order valence-corrected chi connectivity index (χ1v) is 10.5. The minimum atomic E-state index is -0.851. The van der Waals surface area contributed by atoms with Gasteiger partial charge in [0.25, 0.3) is 11.8 Å². The number of hydrogen-bond donors (Lipinski definition) is 1. The van der Waals surface area contributed by atoms with Gasteiger partial charge in [0.1, 0.15) is 11.4 Å². The lowest BCUT2D eigenvalue weighted by molar-refractivity contribution is -0.130. The lowest BCUT2D eigenvalue weighted by atomic mass is 9.87. The molecule has 1 aromatic heterocycles. The summed E-state index contributed by atoms with van der Waals surface area (Å²) in [4.78, 5) is 33.0. The fourth-order valence-electron chi connectivity index (χ4n) is 4.12. The fraction of sp³-hybridized carbons (Fsp3) is 0.435. The third kappa shape index (κ3) is 4.37. The number of rotatable bonds is 6. The summed E-state index contributed by atoms with van der Waals surface area (Å²) in [6.07, 6.45) is 4.64. The lowest BCUT2D eigenvalue weighted by Gasteiger charge is -2.37. The van der Waals surface area contributed by atoms with E-state index in [2.05, 4.69) is 9.88 Å². The number of amides is 2.